The van der Waals surface area contributed by atoms with E-state index in [9.17, 15) is 9.90 Å². The van der Waals surface area contributed by atoms with Gasteiger partial charge in [-0.15, -0.1) is 0 Å². The lowest BCUT2D eigenvalue weighted by Crippen LogP contribution is -2.44. The van der Waals surface area contributed by atoms with Crippen LogP contribution in [0.4, 0.5) is 0 Å². The highest BCUT2D eigenvalue weighted by atomic mass is 16.3. The average molecular weight is 282 g/mol. The minimum absolute atomic E-state index is 0.0431. The number of aliphatic hydroxyl groups is 1. The molecule has 0 aromatic rings. The number of carbonyl (C=O) groups is 1. The largest absolute Gasteiger partial charge is 0.391 e. The molecule has 0 bridgehead atoms. The normalized spacial score (nSPS) is 30.6. The van der Waals surface area contributed by atoms with Crippen LogP contribution in [0.2, 0.25) is 0 Å². The van der Waals surface area contributed by atoms with Gasteiger partial charge < -0.3 is 15.7 Å². The molecule has 0 aromatic carbocycles. The van der Waals surface area contributed by atoms with Gasteiger partial charge in [-0.25, -0.2) is 0 Å². The number of likely N-dealkylation sites (tertiary alicyclic amines) is 1. The third kappa shape index (κ3) is 3.17. The molecule has 1 aliphatic carbocycles. The molecule has 1 heterocycles. The summed E-state index contributed by atoms with van der Waals surface area (Å²) < 4.78 is 0. The van der Waals surface area contributed by atoms with E-state index in [0.29, 0.717) is 12.3 Å². The molecule has 20 heavy (non-hydrogen) atoms. The Bertz CT molecular complexity index is 350. The molecule has 3 atom stereocenters. The average Bonchev–Trinajstić information content (AvgIpc) is 2.62. The van der Waals surface area contributed by atoms with Crippen LogP contribution in [0, 0.1) is 11.8 Å². The molecule has 2 fully saturated rings. The van der Waals surface area contributed by atoms with Gasteiger partial charge in [0.2, 0.25) is 5.91 Å². The minimum Gasteiger partial charge on any atom is -0.391 e. The summed E-state index contributed by atoms with van der Waals surface area (Å²) in [7, 11) is 1.82. The highest BCUT2D eigenvalue weighted by molar-refractivity contribution is 5.82. The van der Waals surface area contributed by atoms with Crippen LogP contribution in [0.25, 0.3) is 0 Å². The molecule has 0 aromatic heterocycles. The van der Waals surface area contributed by atoms with Gasteiger partial charge in [-0.2, -0.15) is 0 Å². The van der Waals surface area contributed by atoms with Crippen molar-refractivity contribution >= 4 is 5.91 Å². The standard InChI is InChI=1S/C16H30N2O2/c1-16(2)10-12(15(20)18(16)3)14(19)13(17)9-11-7-5-4-6-8-11/h11-14,19H,4-10,17H2,1-3H3/t12?,13?,14-/m0/s1. The summed E-state index contributed by atoms with van der Waals surface area (Å²) in [6.45, 7) is 4.09. The fraction of sp³-hybridized carbons (Fsp3) is 0.938. The van der Waals surface area contributed by atoms with Crippen molar-refractivity contribution in [3.05, 3.63) is 0 Å². The van der Waals surface area contributed by atoms with Crippen molar-refractivity contribution in [2.24, 2.45) is 17.6 Å². The first-order valence-corrected chi connectivity index (χ1v) is 8.04. The molecule has 1 amide bonds. The van der Waals surface area contributed by atoms with Crippen molar-refractivity contribution < 1.29 is 9.90 Å². The lowest BCUT2D eigenvalue weighted by molar-refractivity contribution is -0.134. The number of rotatable bonds is 4. The fourth-order valence-electron chi connectivity index (χ4n) is 3.82. The molecule has 0 radical (unpaired) electrons. The predicted molar refractivity (Wildman–Crippen MR) is 80.1 cm³/mol. The first-order chi connectivity index (χ1) is 9.33. The summed E-state index contributed by atoms with van der Waals surface area (Å²) in [5, 5.41) is 10.5. The second-order valence-corrected chi connectivity index (χ2v) is 7.41. The quantitative estimate of drug-likeness (QED) is 0.827. The van der Waals surface area contributed by atoms with Crippen molar-refractivity contribution in [2.45, 2.75) is 76.5 Å². The summed E-state index contributed by atoms with van der Waals surface area (Å²) in [6, 6.07) is -0.269. The van der Waals surface area contributed by atoms with Gasteiger partial charge in [-0.3, -0.25) is 4.79 Å². The van der Waals surface area contributed by atoms with Crippen LogP contribution in [-0.2, 0) is 4.79 Å². The second kappa shape index (κ2) is 6.02. The third-order valence-corrected chi connectivity index (χ3v) is 5.46. The lowest BCUT2D eigenvalue weighted by atomic mass is 9.81. The third-order valence-electron chi connectivity index (χ3n) is 5.46. The molecule has 2 unspecified atom stereocenters. The smallest absolute Gasteiger partial charge is 0.228 e. The molecule has 3 N–H and O–H groups in total. The van der Waals surface area contributed by atoms with E-state index in [1.54, 1.807) is 4.90 Å². The molecule has 116 valence electrons. The summed E-state index contributed by atoms with van der Waals surface area (Å²) in [5.41, 5.74) is 6.03. The highest BCUT2D eigenvalue weighted by Gasteiger charge is 2.47. The Morgan fingerprint density at radius 1 is 1.35 bits per heavy atom. The van der Waals surface area contributed by atoms with Crippen molar-refractivity contribution in [3.8, 4) is 0 Å². The first kappa shape index (κ1) is 15.8. The lowest BCUT2D eigenvalue weighted by Gasteiger charge is -2.29. The van der Waals surface area contributed by atoms with Crippen LogP contribution in [0.1, 0.15) is 58.8 Å². The Morgan fingerprint density at radius 2 is 1.95 bits per heavy atom. The number of amides is 1. The van der Waals surface area contributed by atoms with E-state index < -0.39 is 6.10 Å². The van der Waals surface area contributed by atoms with Crippen LogP contribution >= 0.6 is 0 Å². The van der Waals surface area contributed by atoms with Crippen LogP contribution in [-0.4, -0.2) is 40.6 Å². The molecule has 4 nitrogen and oxygen atoms in total. The van der Waals surface area contributed by atoms with E-state index in [4.69, 9.17) is 5.73 Å². The fourth-order valence-corrected chi connectivity index (χ4v) is 3.82. The van der Waals surface area contributed by atoms with Crippen molar-refractivity contribution in [1.29, 1.82) is 0 Å². The maximum atomic E-state index is 12.3. The Morgan fingerprint density at radius 3 is 2.45 bits per heavy atom. The van der Waals surface area contributed by atoms with Gasteiger partial charge in [0.1, 0.15) is 0 Å². The SMILES string of the molecule is CN1C(=O)C([C@H](O)C(N)CC2CCCCC2)CC1(C)C. The zero-order valence-corrected chi connectivity index (χ0v) is 13.1. The number of carbonyl (C=O) groups excluding carboxylic acids is 1. The number of nitrogens with two attached hydrogens (primary N) is 1. The van der Waals surface area contributed by atoms with Gasteiger partial charge in [-0.05, 0) is 32.6 Å². The highest BCUT2D eigenvalue weighted by Crippen LogP contribution is 2.36. The van der Waals surface area contributed by atoms with Crippen LogP contribution < -0.4 is 5.73 Å². The number of nitrogens with zero attached hydrogens (tertiary/aromatic N) is 1. The molecule has 0 spiro atoms. The van der Waals surface area contributed by atoms with Crippen LogP contribution in [0.15, 0.2) is 0 Å². The molecular formula is C16H30N2O2. The molecule has 1 saturated carbocycles. The van der Waals surface area contributed by atoms with Gasteiger partial charge in [0.25, 0.3) is 0 Å². The van der Waals surface area contributed by atoms with Crippen LogP contribution in [0.5, 0.6) is 0 Å². The summed E-state index contributed by atoms with van der Waals surface area (Å²) in [4.78, 5) is 14.0. The maximum absolute atomic E-state index is 12.3. The zero-order valence-electron chi connectivity index (χ0n) is 13.1. The van der Waals surface area contributed by atoms with Crippen LogP contribution in [0.3, 0.4) is 0 Å². The number of hydrogen-bond donors (Lipinski definition) is 2. The molecular weight excluding hydrogens is 252 g/mol. The van der Waals surface area contributed by atoms with E-state index in [-0.39, 0.29) is 23.4 Å². The van der Waals surface area contributed by atoms with E-state index in [2.05, 4.69) is 0 Å². The molecule has 1 saturated heterocycles. The van der Waals surface area contributed by atoms with Gasteiger partial charge >= 0.3 is 0 Å². The summed E-state index contributed by atoms with van der Waals surface area (Å²) in [6.07, 6.45) is 7.20. The monoisotopic (exact) mass is 282 g/mol. The summed E-state index contributed by atoms with van der Waals surface area (Å²) >= 11 is 0. The van der Waals surface area contributed by atoms with Crippen molar-refractivity contribution in [1.82, 2.24) is 4.90 Å². The Hall–Kier alpha value is -0.610. The molecule has 1 aliphatic heterocycles. The zero-order chi connectivity index (χ0) is 14.9. The second-order valence-electron chi connectivity index (χ2n) is 7.41. The summed E-state index contributed by atoms with van der Waals surface area (Å²) in [5.74, 6) is 0.353. The predicted octanol–water partition coefficient (Wildman–Crippen LogP) is 1.90. The van der Waals surface area contributed by atoms with E-state index in [1.165, 1.54) is 32.1 Å². The van der Waals surface area contributed by atoms with Gasteiger partial charge in [0, 0.05) is 18.6 Å². The molecule has 4 heteroatoms. The van der Waals surface area contributed by atoms with E-state index in [1.807, 2.05) is 20.9 Å². The van der Waals surface area contributed by atoms with Crippen molar-refractivity contribution in [3.63, 3.8) is 0 Å². The minimum atomic E-state index is -0.700. The Kier molecular flexibility index (Phi) is 4.75. The Balaban J connectivity index is 1.93. The molecule has 2 aliphatic rings. The first-order valence-electron chi connectivity index (χ1n) is 8.04. The molecule has 2 rings (SSSR count). The number of aliphatic hydroxyl groups excluding tert-OH is 1. The van der Waals surface area contributed by atoms with E-state index >= 15 is 0 Å². The topological polar surface area (TPSA) is 66.6 Å². The van der Waals surface area contributed by atoms with Gasteiger partial charge in [-0.1, -0.05) is 32.1 Å². The number of hydrogen-bond acceptors (Lipinski definition) is 3. The Labute approximate surface area is 122 Å². The van der Waals surface area contributed by atoms with Gasteiger partial charge in [0.05, 0.1) is 12.0 Å². The van der Waals surface area contributed by atoms with E-state index in [0.717, 1.165) is 6.42 Å². The van der Waals surface area contributed by atoms with Gasteiger partial charge in [0.15, 0.2) is 0 Å². The van der Waals surface area contributed by atoms with Crippen molar-refractivity contribution in [2.75, 3.05) is 7.05 Å². The maximum Gasteiger partial charge on any atom is 0.228 e.